The van der Waals surface area contributed by atoms with Crippen molar-refractivity contribution < 1.29 is 14.7 Å². The summed E-state index contributed by atoms with van der Waals surface area (Å²) in [4.78, 5) is 24.7. The van der Waals surface area contributed by atoms with E-state index in [-0.39, 0.29) is 18.4 Å². The first-order chi connectivity index (χ1) is 8.00. The van der Waals surface area contributed by atoms with Crippen molar-refractivity contribution in [2.24, 2.45) is 17.8 Å². The van der Waals surface area contributed by atoms with Gasteiger partial charge >= 0.3 is 5.97 Å². The Morgan fingerprint density at radius 1 is 1.35 bits per heavy atom. The number of amides is 1. The Morgan fingerprint density at radius 2 is 2.06 bits per heavy atom. The van der Waals surface area contributed by atoms with Gasteiger partial charge in [0.25, 0.3) is 0 Å². The van der Waals surface area contributed by atoms with Crippen molar-refractivity contribution in [1.82, 2.24) is 4.90 Å². The van der Waals surface area contributed by atoms with Crippen LogP contribution >= 0.6 is 0 Å². The molecule has 1 heterocycles. The summed E-state index contributed by atoms with van der Waals surface area (Å²) < 4.78 is 0. The molecule has 4 atom stereocenters. The standard InChI is InChI=1S/C13H21NO3/c1-8-4-3-5-11(9(8)2)14-7-10(13(16)17)6-12(14)15/h8-11H,3-7H2,1-2H3,(H,16,17)/t8-,9-,10+,11+/m1/s1. The Hall–Kier alpha value is -1.06. The van der Waals surface area contributed by atoms with E-state index in [1.165, 1.54) is 6.42 Å². The molecule has 1 saturated carbocycles. The lowest BCUT2D eigenvalue weighted by Gasteiger charge is -2.39. The van der Waals surface area contributed by atoms with Crippen molar-refractivity contribution in [3.63, 3.8) is 0 Å². The lowest BCUT2D eigenvalue weighted by atomic mass is 9.77. The van der Waals surface area contributed by atoms with Crippen LogP contribution in [-0.2, 0) is 9.59 Å². The fraction of sp³-hybridized carbons (Fsp3) is 0.846. The summed E-state index contributed by atoms with van der Waals surface area (Å²) in [7, 11) is 0. The van der Waals surface area contributed by atoms with Crippen LogP contribution in [0, 0.1) is 17.8 Å². The van der Waals surface area contributed by atoms with Gasteiger partial charge in [-0.2, -0.15) is 0 Å². The van der Waals surface area contributed by atoms with E-state index >= 15 is 0 Å². The Balaban J connectivity index is 2.07. The largest absolute Gasteiger partial charge is 0.481 e. The molecule has 0 unspecified atom stereocenters. The average molecular weight is 239 g/mol. The number of aliphatic carboxylic acids is 1. The average Bonchev–Trinajstić information content (AvgIpc) is 2.65. The quantitative estimate of drug-likeness (QED) is 0.798. The number of hydrogen-bond acceptors (Lipinski definition) is 2. The molecule has 0 bridgehead atoms. The molecule has 96 valence electrons. The van der Waals surface area contributed by atoms with Crippen LogP contribution in [0.5, 0.6) is 0 Å². The zero-order valence-corrected chi connectivity index (χ0v) is 10.6. The van der Waals surface area contributed by atoms with Crippen molar-refractivity contribution in [2.45, 2.75) is 45.6 Å². The molecule has 4 nitrogen and oxygen atoms in total. The third-order valence-corrected chi connectivity index (χ3v) is 4.57. The first-order valence-corrected chi connectivity index (χ1v) is 6.53. The van der Waals surface area contributed by atoms with E-state index in [0.29, 0.717) is 18.4 Å². The highest BCUT2D eigenvalue weighted by atomic mass is 16.4. The number of likely N-dealkylation sites (tertiary alicyclic amines) is 1. The van der Waals surface area contributed by atoms with Crippen LogP contribution in [0.3, 0.4) is 0 Å². The van der Waals surface area contributed by atoms with Gasteiger partial charge in [0, 0.05) is 19.0 Å². The highest BCUT2D eigenvalue weighted by Gasteiger charge is 2.41. The molecule has 0 aromatic rings. The molecule has 1 saturated heterocycles. The predicted molar refractivity (Wildman–Crippen MR) is 63.4 cm³/mol. The van der Waals surface area contributed by atoms with Gasteiger partial charge in [-0.3, -0.25) is 9.59 Å². The predicted octanol–water partition coefficient (Wildman–Crippen LogP) is 1.74. The Labute approximate surface area is 102 Å². The number of rotatable bonds is 2. The molecule has 1 aliphatic carbocycles. The SMILES string of the molecule is C[C@@H]1[C@H](C)CCC[C@@H]1N1C[C@@H](C(=O)O)CC1=O. The number of carbonyl (C=O) groups excluding carboxylic acids is 1. The lowest BCUT2D eigenvalue weighted by Crippen LogP contribution is -2.45. The zero-order valence-electron chi connectivity index (χ0n) is 10.6. The van der Waals surface area contributed by atoms with E-state index in [1.54, 1.807) is 0 Å². The molecule has 2 fully saturated rings. The van der Waals surface area contributed by atoms with E-state index < -0.39 is 11.9 Å². The van der Waals surface area contributed by atoms with Crippen LogP contribution in [-0.4, -0.2) is 34.5 Å². The second-order valence-corrected chi connectivity index (χ2v) is 5.62. The molecule has 1 aliphatic heterocycles. The van der Waals surface area contributed by atoms with E-state index in [2.05, 4.69) is 13.8 Å². The molecule has 0 spiro atoms. The van der Waals surface area contributed by atoms with Crippen LogP contribution < -0.4 is 0 Å². The molecule has 0 radical (unpaired) electrons. The summed E-state index contributed by atoms with van der Waals surface area (Å²) in [5.41, 5.74) is 0. The van der Waals surface area contributed by atoms with Crippen molar-refractivity contribution in [3.05, 3.63) is 0 Å². The van der Waals surface area contributed by atoms with Gasteiger partial charge in [0.1, 0.15) is 0 Å². The van der Waals surface area contributed by atoms with Gasteiger partial charge in [-0.25, -0.2) is 0 Å². The van der Waals surface area contributed by atoms with Gasteiger partial charge in [0.2, 0.25) is 5.91 Å². The molecule has 0 aromatic heterocycles. The fourth-order valence-corrected chi connectivity index (χ4v) is 3.21. The molecule has 17 heavy (non-hydrogen) atoms. The zero-order chi connectivity index (χ0) is 12.6. The number of hydrogen-bond donors (Lipinski definition) is 1. The summed E-state index contributed by atoms with van der Waals surface area (Å²) in [6.45, 7) is 4.83. The van der Waals surface area contributed by atoms with Gasteiger partial charge in [-0.15, -0.1) is 0 Å². The van der Waals surface area contributed by atoms with Gasteiger partial charge in [-0.05, 0) is 18.3 Å². The maximum absolute atomic E-state index is 11.9. The highest BCUT2D eigenvalue weighted by molar-refractivity contribution is 5.86. The maximum Gasteiger partial charge on any atom is 0.308 e. The van der Waals surface area contributed by atoms with Crippen molar-refractivity contribution in [3.8, 4) is 0 Å². The Bertz CT molecular complexity index is 329. The van der Waals surface area contributed by atoms with Crippen LogP contribution in [0.4, 0.5) is 0 Å². The van der Waals surface area contributed by atoms with Crippen LogP contribution in [0.15, 0.2) is 0 Å². The monoisotopic (exact) mass is 239 g/mol. The summed E-state index contributed by atoms with van der Waals surface area (Å²) in [5, 5.41) is 8.99. The number of carboxylic acids is 1. The smallest absolute Gasteiger partial charge is 0.308 e. The van der Waals surface area contributed by atoms with Crippen molar-refractivity contribution >= 4 is 11.9 Å². The molecular weight excluding hydrogens is 218 g/mol. The summed E-state index contributed by atoms with van der Waals surface area (Å²) >= 11 is 0. The molecule has 4 heteroatoms. The topological polar surface area (TPSA) is 57.6 Å². The van der Waals surface area contributed by atoms with E-state index in [1.807, 2.05) is 4.90 Å². The third-order valence-electron chi connectivity index (χ3n) is 4.57. The number of nitrogens with zero attached hydrogens (tertiary/aromatic N) is 1. The molecule has 1 amide bonds. The number of carboxylic acid groups (broad SMARTS) is 1. The van der Waals surface area contributed by atoms with Crippen molar-refractivity contribution in [2.75, 3.05) is 6.54 Å². The Morgan fingerprint density at radius 3 is 2.65 bits per heavy atom. The van der Waals surface area contributed by atoms with Gasteiger partial charge < -0.3 is 10.0 Å². The van der Waals surface area contributed by atoms with Gasteiger partial charge in [0.15, 0.2) is 0 Å². The maximum atomic E-state index is 11.9. The third kappa shape index (κ3) is 2.31. The molecule has 2 rings (SSSR count). The highest BCUT2D eigenvalue weighted by Crippen LogP contribution is 2.35. The molecule has 0 aromatic carbocycles. The number of carbonyl (C=O) groups is 2. The lowest BCUT2D eigenvalue weighted by molar-refractivity contribution is -0.141. The van der Waals surface area contributed by atoms with Gasteiger partial charge in [0.05, 0.1) is 5.92 Å². The minimum atomic E-state index is -0.836. The van der Waals surface area contributed by atoms with E-state index in [9.17, 15) is 9.59 Å². The van der Waals surface area contributed by atoms with Crippen molar-refractivity contribution in [1.29, 1.82) is 0 Å². The first kappa shape index (κ1) is 12.4. The van der Waals surface area contributed by atoms with Gasteiger partial charge in [-0.1, -0.05) is 26.7 Å². The van der Waals surface area contributed by atoms with Crippen LogP contribution in [0.2, 0.25) is 0 Å². The van der Waals surface area contributed by atoms with Crippen LogP contribution in [0.25, 0.3) is 0 Å². The first-order valence-electron chi connectivity index (χ1n) is 6.53. The summed E-state index contributed by atoms with van der Waals surface area (Å²) in [6, 6.07) is 0.260. The Kier molecular flexibility index (Phi) is 3.40. The molecular formula is C13H21NO3. The second-order valence-electron chi connectivity index (χ2n) is 5.62. The minimum absolute atomic E-state index is 0.0309. The molecule has 2 aliphatic rings. The van der Waals surface area contributed by atoms with E-state index in [4.69, 9.17) is 5.11 Å². The fourth-order valence-electron chi connectivity index (χ4n) is 3.21. The second kappa shape index (κ2) is 4.67. The van der Waals surface area contributed by atoms with E-state index in [0.717, 1.165) is 12.8 Å². The normalized spacial score (nSPS) is 38.5. The minimum Gasteiger partial charge on any atom is -0.481 e. The molecule has 1 N–H and O–H groups in total. The van der Waals surface area contributed by atoms with Crippen LogP contribution in [0.1, 0.15) is 39.5 Å². The summed E-state index contributed by atoms with van der Waals surface area (Å²) in [6.07, 6.45) is 3.59. The summed E-state index contributed by atoms with van der Waals surface area (Å²) in [5.74, 6) is -0.182.